The molecule has 0 aliphatic rings. The number of fused-ring (bicyclic) bond motifs is 1. The van der Waals surface area contributed by atoms with Crippen LogP contribution in [-0.4, -0.2) is 22.9 Å². The van der Waals surface area contributed by atoms with E-state index in [0.717, 1.165) is 16.3 Å². The van der Waals surface area contributed by atoms with Crippen molar-refractivity contribution in [1.82, 2.24) is 0 Å². The SMILES string of the molecule is Cc1ccc(S(=O)(=O)Oc2ccc(NC(=O)Nc3ccc(OS(=O)(=O)c4ccc5ccccc5c4)cc3)cc2)cc1. The van der Waals surface area contributed by atoms with Gasteiger partial charge in [-0.3, -0.25) is 0 Å². The van der Waals surface area contributed by atoms with Gasteiger partial charge in [-0.15, -0.1) is 0 Å². The van der Waals surface area contributed by atoms with Gasteiger partial charge in [0.15, 0.2) is 0 Å². The molecule has 5 aromatic carbocycles. The number of rotatable bonds is 8. The number of amides is 2. The van der Waals surface area contributed by atoms with E-state index in [-0.39, 0.29) is 21.3 Å². The summed E-state index contributed by atoms with van der Waals surface area (Å²) in [6, 6.07) is 29.5. The fraction of sp³-hybridized carbons (Fsp3) is 0.0333. The molecular weight excluding hydrogens is 564 g/mol. The highest BCUT2D eigenvalue weighted by Gasteiger charge is 2.18. The Kier molecular flexibility index (Phi) is 7.64. The molecular formula is C30H24N2O7S2. The van der Waals surface area contributed by atoms with Gasteiger partial charge in [0.1, 0.15) is 21.3 Å². The minimum atomic E-state index is -4.06. The van der Waals surface area contributed by atoms with Gasteiger partial charge in [0.2, 0.25) is 0 Å². The van der Waals surface area contributed by atoms with Gasteiger partial charge in [0.05, 0.1) is 0 Å². The number of aryl methyl sites for hydroxylation is 1. The van der Waals surface area contributed by atoms with Crippen molar-refractivity contribution in [2.24, 2.45) is 0 Å². The minimum Gasteiger partial charge on any atom is -0.379 e. The van der Waals surface area contributed by atoms with Crippen molar-refractivity contribution >= 4 is 48.4 Å². The molecule has 0 spiro atoms. The van der Waals surface area contributed by atoms with Gasteiger partial charge in [0.25, 0.3) is 0 Å². The standard InChI is InChI=1S/C30H24N2O7S2/c1-21-6-17-28(18-7-21)40(34,35)38-26-13-9-24(10-14-26)31-30(33)32-25-11-15-27(16-12-25)39-41(36,37)29-19-8-22-4-2-3-5-23(22)20-29/h2-20H,1H3,(H2,31,32,33). The molecule has 5 aromatic rings. The van der Waals surface area contributed by atoms with Crippen molar-refractivity contribution in [3.05, 3.63) is 121 Å². The molecule has 0 unspecified atom stereocenters. The van der Waals surface area contributed by atoms with Crippen molar-refractivity contribution in [3.8, 4) is 11.5 Å². The lowest BCUT2D eigenvalue weighted by molar-refractivity contribution is 0.262. The Morgan fingerprint density at radius 2 is 1.02 bits per heavy atom. The monoisotopic (exact) mass is 588 g/mol. The van der Waals surface area contributed by atoms with Crippen LogP contribution in [0.1, 0.15) is 5.56 Å². The molecule has 2 N–H and O–H groups in total. The lowest BCUT2D eigenvalue weighted by Crippen LogP contribution is -2.19. The number of hydrogen-bond acceptors (Lipinski definition) is 7. The molecule has 0 heterocycles. The molecule has 9 nitrogen and oxygen atoms in total. The number of carbonyl (C=O) groups is 1. The summed E-state index contributed by atoms with van der Waals surface area (Å²) in [7, 11) is -8.06. The number of carbonyl (C=O) groups excluding carboxylic acids is 1. The summed E-state index contributed by atoms with van der Waals surface area (Å²) in [5.74, 6) is 0.172. The second-order valence-electron chi connectivity index (χ2n) is 9.02. The van der Waals surface area contributed by atoms with Crippen LogP contribution in [0.5, 0.6) is 11.5 Å². The van der Waals surface area contributed by atoms with Gasteiger partial charge in [-0.2, -0.15) is 16.8 Å². The van der Waals surface area contributed by atoms with E-state index in [1.165, 1.54) is 66.7 Å². The number of urea groups is 1. The Labute approximate surface area is 237 Å². The predicted octanol–water partition coefficient (Wildman–Crippen LogP) is 6.33. The second-order valence-corrected chi connectivity index (χ2v) is 12.1. The summed E-state index contributed by atoms with van der Waals surface area (Å²) in [5, 5.41) is 6.94. The average molecular weight is 589 g/mol. The van der Waals surface area contributed by atoms with Crippen molar-refractivity contribution in [2.75, 3.05) is 10.6 Å². The molecule has 0 fully saturated rings. The number of benzene rings is 5. The van der Waals surface area contributed by atoms with Crippen molar-refractivity contribution in [1.29, 1.82) is 0 Å². The molecule has 0 saturated carbocycles. The predicted molar refractivity (Wildman–Crippen MR) is 156 cm³/mol. The lowest BCUT2D eigenvalue weighted by atomic mass is 10.1. The van der Waals surface area contributed by atoms with E-state index in [1.54, 1.807) is 24.3 Å². The van der Waals surface area contributed by atoms with Crippen LogP contribution in [0.25, 0.3) is 10.8 Å². The Morgan fingerprint density at radius 1 is 0.561 bits per heavy atom. The Balaban J connectivity index is 1.17. The van der Waals surface area contributed by atoms with E-state index in [2.05, 4.69) is 10.6 Å². The molecule has 11 heteroatoms. The fourth-order valence-corrected chi connectivity index (χ4v) is 5.76. The van der Waals surface area contributed by atoms with Crippen molar-refractivity contribution < 1.29 is 30.0 Å². The van der Waals surface area contributed by atoms with E-state index in [0.29, 0.717) is 11.4 Å². The highest BCUT2D eigenvalue weighted by Crippen LogP contribution is 2.25. The first-order chi connectivity index (χ1) is 19.6. The maximum Gasteiger partial charge on any atom is 0.339 e. The summed E-state index contributed by atoms with van der Waals surface area (Å²) in [5.41, 5.74) is 1.71. The zero-order valence-corrected chi connectivity index (χ0v) is 23.3. The maximum absolute atomic E-state index is 12.8. The zero-order chi connectivity index (χ0) is 29.0. The molecule has 0 aromatic heterocycles. The van der Waals surface area contributed by atoms with E-state index >= 15 is 0 Å². The Morgan fingerprint density at radius 3 is 1.56 bits per heavy atom. The second kappa shape index (κ2) is 11.3. The summed E-state index contributed by atoms with van der Waals surface area (Å²) in [6.07, 6.45) is 0. The van der Waals surface area contributed by atoms with E-state index in [9.17, 15) is 21.6 Å². The van der Waals surface area contributed by atoms with E-state index in [1.807, 2.05) is 31.2 Å². The number of nitrogens with one attached hydrogen (secondary N) is 2. The smallest absolute Gasteiger partial charge is 0.339 e. The summed E-state index contributed by atoms with van der Waals surface area (Å²) < 4.78 is 60.8. The first-order valence-corrected chi connectivity index (χ1v) is 15.1. The average Bonchev–Trinajstić information content (AvgIpc) is 2.95. The fourth-order valence-electron chi connectivity index (χ4n) is 3.86. The van der Waals surface area contributed by atoms with Gasteiger partial charge >= 0.3 is 26.3 Å². The molecule has 2 amide bonds. The minimum absolute atomic E-state index is 0.0296. The number of hydrogen-bond donors (Lipinski definition) is 2. The molecule has 0 aliphatic carbocycles. The zero-order valence-electron chi connectivity index (χ0n) is 21.6. The summed E-state index contributed by atoms with van der Waals surface area (Å²) >= 11 is 0. The molecule has 41 heavy (non-hydrogen) atoms. The Bertz CT molecular complexity index is 1920. The van der Waals surface area contributed by atoms with Crippen LogP contribution in [0.4, 0.5) is 16.2 Å². The highest BCUT2D eigenvalue weighted by atomic mass is 32.2. The first-order valence-electron chi connectivity index (χ1n) is 12.3. The first kappa shape index (κ1) is 27.7. The van der Waals surface area contributed by atoms with Gasteiger partial charge in [-0.05, 0) is 90.5 Å². The third kappa shape index (κ3) is 6.83. The van der Waals surface area contributed by atoms with E-state index in [4.69, 9.17) is 8.37 Å². The van der Waals surface area contributed by atoms with E-state index < -0.39 is 26.3 Å². The Hall–Kier alpha value is -4.87. The van der Waals surface area contributed by atoms with Crippen LogP contribution in [0.3, 0.4) is 0 Å². The van der Waals surface area contributed by atoms with Gasteiger partial charge in [-0.1, -0.05) is 48.0 Å². The molecule has 0 bridgehead atoms. The van der Waals surface area contributed by atoms with Crippen LogP contribution in [0, 0.1) is 6.92 Å². The molecule has 0 atom stereocenters. The normalized spacial score (nSPS) is 11.5. The topological polar surface area (TPSA) is 128 Å². The van der Waals surface area contributed by atoms with Crippen molar-refractivity contribution in [2.45, 2.75) is 16.7 Å². The highest BCUT2D eigenvalue weighted by molar-refractivity contribution is 7.87. The maximum atomic E-state index is 12.8. The molecule has 5 rings (SSSR count). The quantitative estimate of drug-likeness (QED) is 0.203. The number of anilines is 2. The largest absolute Gasteiger partial charge is 0.379 e. The van der Waals surface area contributed by atoms with Crippen molar-refractivity contribution in [3.63, 3.8) is 0 Å². The molecule has 0 aliphatic heterocycles. The lowest BCUT2D eigenvalue weighted by Gasteiger charge is -2.11. The summed E-state index contributed by atoms with van der Waals surface area (Å²) in [6.45, 7) is 1.85. The van der Waals surface area contributed by atoms with Gasteiger partial charge in [-0.25, -0.2) is 4.79 Å². The van der Waals surface area contributed by atoms with Crippen LogP contribution >= 0.6 is 0 Å². The van der Waals surface area contributed by atoms with Crippen LogP contribution < -0.4 is 19.0 Å². The molecule has 0 saturated heterocycles. The van der Waals surface area contributed by atoms with Gasteiger partial charge < -0.3 is 19.0 Å². The van der Waals surface area contributed by atoms with Crippen LogP contribution in [-0.2, 0) is 20.2 Å². The summed E-state index contributed by atoms with van der Waals surface area (Å²) in [4.78, 5) is 12.5. The van der Waals surface area contributed by atoms with Crippen LogP contribution in [0.15, 0.2) is 125 Å². The van der Waals surface area contributed by atoms with Crippen LogP contribution in [0.2, 0.25) is 0 Å². The molecule has 0 radical (unpaired) electrons. The third-order valence-corrected chi connectivity index (χ3v) is 8.46. The molecule has 208 valence electrons. The van der Waals surface area contributed by atoms with Gasteiger partial charge in [0, 0.05) is 11.4 Å². The third-order valence-electron chi connectivity index (χ3n) is 5.96.